The van der Waals surface area contributed by atoms with Crippen molar-refractivity contribution in [3.05, 3.63) is 0 Å². The third kappa shape index (κ3) is 1.56. The smallest absolute Gasteiger partial charge is 0.244 e. The number of hydrogen-bond acceptors (Lipinski definition) is 4. The number of nitrogens with zero attached hydrogens (tertiary/aromatic N) is 1. The summed E-state index contributed by atoms with van der Waals surface area (Å²) in [5.41, 5.74) is 4.01. The molecule has 3 N–H and O–H groups in total. The third-order valence-electron chi connectivity index (χ3n) is 2.67. The van der Waals surface area contributed by atoms with Crippen LogP contribution in [0, 0.1) is 28.6 Å². The van der Waals surface area contributed by atoms with Gasteiger partial charge in [-0.1, -0.05) is 13.8 Å². The Hall–Kier alpha value is -1.90. The maximum atomic E-state index is 11.4. The molecule has 6 heteroatoms. The number of rotatable bonds is 1. The first-order valence-electron chi connectivity index (χ1n) is 4.36. The Balaban J connectivity index is 3.21. The van der Waals surface area contributed by atoms with E-state index in [4.69, 9.17) is 11.0 Å². The molecular weight excluding hydrogens is 198 g/mol. The molecule has 0 bridgehead atoms. The largest absolute Gasteiger partial charge is 0.369 e. The lowest BCUT2D eigenvalue weighted by molar-refractivity contribution is -0.150. The van der Waals surface area contributed by atoms with Crippen LogP contribution in [-0.4, -0.2) is 17.7 Å². The first-order chi connectivity index (χ1) is 6.82. The fraction of sp³-hybridized carbons (Fsp3) is 0.556. The average molecular weight is 209 g/mol. The first kappa shape index (κ1) is 11.2. The molecule has 0 aromatic heterocycles. The Labute approximate surface area is 86.4 Å². The van der Waals surface area contributed by atoms with Crippen molar-refractivity contribution < 1.29 is 14.4 Å². The van der Waals surface area contributed by atoms with Gasteiger partial charge in [-0.15, -0.1) is 0 Å². The zero-order chi connectivity index (χ0) is 11.8. The van der Waals surface area contributed by atoms with E-state index >= 15 is 0 Å². The highest BCUT2D eigenvalue weighted by Gasteiger charge is 2.52. The first-order valence-corrected chi connectivity index (χ1v) is 4.36. The number of primary amides is 1. The van der Waals surface area contributed by atoms with Gasteiger partial charge in [-0.25, -0.2) is 0 Å². The molecule has 0 aromatic carbocycles. The van der Waals surface area contributed by atoms with Crippen LogP contribution in [-0.2, 0) is 14.4 Å². The molecule has 3 amide bonds. The predicted octanol–water partition coefficient (Wildman–Crippen LogP) is -1.09. The van der Waals surface area contributed by atoms with E-state index in [1.54, 1.807) is 6.07 Å². The van der Waals surface area contributed by atoms with Crippen molar-refractivity contribution in [1.29, 1.82) is 5.26 Å². The molecule has 6 nitrogen and oxygen atoms in total. The van der Waals surface area contributed by atoms with Gasteiger partial charge < -0.3 is 5.73 Å². The van der Waals surface area contributed by atoms with Crippen LogP contribution in [0.25, 0.3) is 0 Å². The second-order valence-corrected chi connectivity index (χ2v) is 4.07. The summed E-state index contributed by atoms with van der Waals surface area (Å²) < 4.78 is 0. The van der Waals surface area contributed by atoms with E-state index in [2.05, 4.69) is 0 Å². The van der Waals surface area contributed by atoms with Gasteiger partial charge in [0.25, 0.3) is 0 Å². The summed E-state index contributed by atoms with van der Waals surface area (Å²) in [6.07, 6.45) is 0. The van der Waals surface area contributed by atoms with Crippen LogP contribution in [0.15, 0.2) is 0 Å². The highest BCUT2D eigenvalue weighted by Crippen LogP contribution is 2.38. The topological polar surface area (TPSA) is 113 Å². The molecule has 80 valence electrons. The number of amides is 3. The van der Waals surface area contributed by atoms with E-state index in [0.29, 0.717) is 0 Å². The van der Waals surface area contributed by atoms with Gasteiger partial charge in [0, 0.05) is 5.41 Å². The van der Waals surface area contributed by atoms with Crippen LogP contribution in [0.2, 0.25) is 0 Å². The van der Waals surface area contributed by atoms with Crippen molar-refractivity contribution in [3.8, 4) is 6.07 Å². The molecule has 0 aliphatic carbocycles. The molecule has 0 aromatic rings. The van der Waals surface area contributed by atoms with Crippen molar-refractivity contribution in [2.75, 3.05) is 0 Å². The quantitative estimate of drug-likeness (QED) is 0.422. The summed E-state index contributed by atoms with van der Waals surface area (Å²) in [5, 5.41) is 10.8. The molecule has 1 fully saturated rings. The summed E-state index contributed by atoms with van der Waals surface area (Å²) in [6.45, 7) is 3.01. The second-order valence-electron chi connectivity index (χ2n) is 4.07. The Morgan fingerprint density at radius 2 is 2.00 bits per heavy atom. The number of nitriles is 1. The Morgan fingerprint density at radius 1 is 1.47 bits per heavy atom. The standard InChI is InChI=1S/C9H11N3O3/c1-9(2)4(3-10)7(14)12-8(15)5(9)6(11)13/h4-5H,1-2H3,(H2,11,13)(H,12,14,15). The van der Waals surface area contributed by atoms with E-state index in [9.17, 15) is 14.4 Å². The minimum atomic E-state index is -1.15. The number of imide groups is 1. The molecule has 1 aliphatic rings. The number of carbonyl (C=O) groups excluding carboxylic acids is 3. The second kappa shape index (κ2) is 3.35. The van der Waals surface area contributed by atoms with Gasteiger partial charge in [0.05, 0.1) is 6.07 Å². The molecule has 2 atom stereocenters. The maximum Gasteiger partial charge on any atom is 0.244 e. The summed E-state index contributed by atoms with van der Waals surface area (Å²) in [6, 6.07) is 1.78. The summed E-state index contributed by atoms with van der Waals surface area (Å²) in [5.74, 6) is -4.44. The van der Waals surface area contributed by atoms with Crippen molar-refractivity contribution >= 4 is 17.7 Å². The van der Waals surface area contributed by atoms with Crippen LogP contribution >= 0.6 is 0 Å². The number of carbonyl (C=O) groups is 3. The zero-order valence-electron chi connectivity index (χ0n) is 8.40. The SMILES string of the molecule is CC1(C)C(C#N)C(=O)NC(=O)C1C(N)=O. The summed E-state index contributed by atoms with van der Waals surface area (Å²) >= 11 is 0. The van der Waals surface area contributed by atoms with E-state index in [0.717, 1.165) is 0 Å². The van der Waals surface area contributed by atoms with Gasteiger partial charge in [0.1, 0.15) is 11.8 Å². The number of hydrogen-bond donors (Lipinski definition) is 2. The fourth-order valence-electron chi connectivity index (χ4n) is 1.83. The number of nitrogens with one attached hydrogen (secondary N) is 1. The van der Waals surface area contributed by atoms with Gasteiger partial charge >= 0.3 is 0 Å². The van der Waals surface area contributed by atoms with Crippen molar-refractivity contribution in [2.24, 2.45) is 23.0 Å². The van der Waals surface area contributed by atoms with Gasteiger partial charge in [0.2, 0.25) is 17.7 Å². The fourth-order valence-corrected chi connectivity index (χ4v) is 1.83. The lowest BCUT2D eigenvalue weighted by atomic mass is 9.66. The predicted molar refractivity (Wildman–Crippen MR) is 48.7 cm³/mol. The van der Waals surface area contributed by atoms with Gasteiger partial charge in [-0.05, 0) is 0 Å². The Bertz CT molecular complexity index is 381. The molecule has 0 radical (unpaired) electrons. The van der Waals surface area contributed by atoms with E-state index in [-0.39, 0.29) is 0 Å². The average Bonchev–Trinajstić information content (AvgIpc) is 2.00. The minimum Gasteiger partial charge on any atom is -0.369 e. The third-order valence-corrected chi connectivity index (χ3v) is 2.67. The van der Waals surface area contributed by atoms with Gasteiger partial charge in [-0.3, -0.25) is 19.7 Å². The van der Waals surface area contributed by atoms with E-state index < -0.39 is 35.0 Å². The van der Waals surface area contributed by atoms with Crippen molar-refractivity contribution in [2.45, 2.75) is 13.8 Å². The maximum absolute atomic E-state index is 11.4. The number of piperidine rings is 1. The summed E-state index contributed by atoms with van der Waals surface area (Å²) in [4.78, 5) is 33.8. The highest BCUT2D eigenvalue weighted by atomic mass is 16.2. The molecule has 1 rings (SSSR count). The van der Waals surface area contributed by atoms with E-state index in [1.807, 2.05) is 5.32 Å². The van der Waals surface area contributed by atoms with Crippen molar-refractivity contribution in [1.82, 2.24) is 5.32 Å². The zero-order valence-corrected chi connectivity index (χ0v) is 8.40. The lowest BCUT2D eigenvalue weighted by Crippen LogP contribution is -2.59. The highest BCUT2D eigenvalue weighted by molar-refractivity contribution is 6.10. The van der Waals surface area contributed by atoms with Crippen LogP contribution in [0.4, 0.5) is 0 Å². The molecule has 1 aliphatic heterocycles. The molecule has 0 saturated carbocycles. The summed E-state index contributed by atoms with van der Waals surface area (Å²) in [7, 11) is 0. The molecule has 1 heterocycles. The Kier molecular flexibility index (Phi) is 2.50. The van der Waals surface area contributed by atoms with Gasteiger partial charge in [-0.2, -0.15) is 5.26 Å². The van der Waals surface area contributed by atoms with E-state index in [1.165, 1.54) is 13.8 Å². The molecular formula is C9H11N3O3. The van der Waals surface area contributed by atoms with Crippen LogP contribution < -0.4 is 11.1 Å². The van der Waals surface area contributed by atoms with Crippen molar-refractivity contribution in [3.63, 3.8) is 0 Å². The normalized spacial score (nSPS) is 29.1. The Morgan fingerprint density at radius 3 is 2.40 bits per heavy atom. The minimum absolute atomic E-state index is 0.676. The van der Waals surface area contributed by atoms with Crippen LogP contribution in [0.1, 0.15) is 13.8 Å². The van der Waals surface area contributed by atoms with Gasteiger partial charge in [0.15, 0.2) is 0 Å². The molecule has 15 heavy (non-hydrogen) atoms. The lowest BCUT2D eigenvalue weighted by Gasteiger charge is -2.37. The molecule has 1 saturated heterocycles. The van der Waals surface area contributed by atoms with Crippen LogP contribution in [0.5, 0.6) is 0 Å². The molecule has 0 spiro atoms. The van der Waals surface area contributed by atoms with Crippen LogP contribution in [0.3, 0.4) is 0 Å². The number of nitrogens with two attached hydrogens (primary N) is 1. The monoisotopic (exact) mass is 209 g/mol. The molecule has 2 unspecified atom stereocenters.